The van der Waals surface area contributed by atoms with Crippen molar-refractivity contribution < 1.29 is 23.8 Å². The molecule has 1 aromatic rings. The molecule has 0 spiro atoms. The number of amides is 1. The summed E-state index contributed by atoms with van der Waals surface area (Å²) in [6, 6.07) is 3.92. The molecule has 7 heteroatoms. The lowest BCUT2D eigenvalue weighted by Crippen LogP contribution is -2.36. The van der Waals surface area contributed by atoms with E-state index in [1.165, 1.54) is 17.0 Å². The van der Waals surface area contributed by atoms with Gasteiger partial charge in [0.1, 0.15) is 5.82 Å². The average Bonchev–Trinajstić information content (AvgIpc) is 2.43. The van der Waals surface area contributed by atoms with E-state index >= 15 is 0 Å². The summed E-state index contributed by atoms with van der Waals surface area (Å²) in [5, 5.41) is 8.99. The third-order valence-corrected chi connectivity index (χ3v) is 3.04. The van der Waals surface area contributed by atoms with Crippen LogP contribution in [0.5, 0.6) is 0 Å². The van der Waals surface area contributed by atoms with Crippen molar-refractivity contribution in [3.05, 3.63) is 34.6 Å². The van der Waals surface area contributed by atoms with Crippen molar-refractivity contribution in [2.75, 3.05) is 26.3 Å². The molecule has 116 valence electrons. The predicted octanol–water partition coefficient (Wildman–Crippen LogP) is 1.87. The summed E-state index contributed by atoms with van der Waals surface area (Å²) in [5.74, 6) is -1.88. The van der Waals surface area contributed by atoms with Crippen molar-refractivity contribution >= 4 is 23.5 Å². The number of rotatable bonds is 7. The third kappa shape index (κ3) is 4.99. The molecule has 21 heavy (non-hydrogen) atoms. The van der Waals surface area contributed by atoms with Crippen molar-refractivity contribution in [2.24, 2.45) is 0 Å². The van der Waals surface area contributed by atoms with E-state index in [-0.39, 0.29) is 43.3 Å². The molecule has 0 radical (unpaired) electrons. The van der Waals surface area contributed by atoms with E-state index in [1.54, 1.807) is 6.92 Å². The van der Waals surface area contributed by atoms with Crippen molar-refractivity contribution in [1.29, 1.82) is 0 Å². The standard InChI is InChI=1S/C14H17ClFNO4/c1-2-21-12(19)6-7-17(8-9-18)14(20)13-10(15)4-3-5-11(13)16/h3-5,18H,2,6-9H2,1H3. The van der Waals surface area contributed by atoms with Gasteiger partial charge in [-0.15, -0.1) is 0 Å². The summed E-state index contributed by atoms with van der Waals surface area (Å²) in [4.78, 5) is 24.8. The lowest BCUT2D eigenvalue weighted by atomic mass is 10.1. The highest BCUT2D eigenvalue weighted by Gasteiger charge is 2.22. The number of hydrogen-bond donors (Lipinski definition) is 1. The third-order valence-electron chi connectivity index (χ3n) is 2.72. The Morgan fingerprint density at radius 3 is 2.67 bits per heavy atom. The van der Waals surface area contributed by atoms with Gasteiger partial charge in [-0.1, -0.05) is 17.7 Å². The molecule has 0 aromatic heterocycles. The number of esters is 1. The second-order valence-corrected chi connectivity index (χ2v) is 4.57. The largest absolute Gasteiger partial charge is 0.466 e. The normalized spacial score (nSPS) is 10.3. The zero-order chi connectivity index (χ0) is 15.8. The van der Waals surface area contributed by atoms with Gasteiger partial charge >= 0.3 is 5.97 Å². The minimum Gasteiger partial charge on any atom is -0.466 e. The number of nitrogens with zero attached hydrogens (tertiary/aromatic N) is 1. The minimum absolute atomic E-state index is 0.0147. The Balaban J connectivity index is 2.84. The fraction of sp³-hybridized carbons (Fsp3) is 0.429. The van der Waals surface area contributed by atoms with Gasteiger partial charge < -0.3 is 14.7 Å². The first kappa shape index (κ1) is 17.4. The summed E-state index contributed by atoms with van der Waals surface area (Å²) in [6.45, 7) is 1.60. The number of ether oxygens (including phenoxy) is 1. The zero-order valence-corrected chi connectivity index (χ0v) is 12.4. The van der Waals surface area contributed by atoms with Gasteiger partial charge in [0.25, 0.3) is 5.91 Å². The molecule has 5 nitrogen and oxygen atoms in total. The van der Waals surface area contributed by atoms with Gasteiger partial charge in [-0.2, -0.15) is 0 Å². The SMILES string of the molecule is CCOC(=O)CCN(CCO)C(=O)c1c(F)cccc1Cl. The maximum absolute atomic E-state index is 13.7. The molecule has 0 saturated carbocycles. The summed E-state index contributed by atoms with van der Waals surface area (Å²) < 4.78 is 18.5. The highest BCUT2D eigenvalue weighted by molar-refractivity contribution is 6.33. The molecule has 1 aromatic carbocycles. The van der Waals surface area contributed by atoms with Crippen LogP contribution in [0.1, 0.15) is 23.7 Å². The van der Waals surface area contributed by atoms with Gasteiger partial charge in [-0.3, -0.25) is 9.59 Å². The molecule has 0 fully saturated rings. The number of aliphatic hydroxyl groups is 1. The van der Waals surface area contributed by atoms with Gasteiger partial charge in [0, 0.05) is 13.1 Å². The summed E-state index contributed by atoms with van der Waals surface area (Å²) in [5.41, 5.74) is -0.267. The smallest absolute Gasteiger partial charge is 0.307 e. The molecule has 1 amide bonds. The Morgan fingerprint density at radius 2 is 2.10 bits per heavy atom. The van der Waals surface area contributed by atoms with Crippen molar-refractivity contribution in [3.8, 4) is 0 Å². The van der Waals surface area contributed by atoms with Crippen molar-refractivity contribution in [1.82, 2.24) is 4.90 Å². The van der Waals surface area contributed by atoms with E-state index in [0.717, 1.165) is 6.07 Å². The van der Waals surface area contributed by atoms with Crippen LogP contribution >= 0.6 is 11.6 Å². The van der Waals surface area contributed by atoms with Crippen LogP contribution in [0.2, 0.25) is 5.02 Å². The highest BCUT2D eigenvalue weighted by atomic mass is 35.5. The van der Waals surface area contributed by atoms with Crippen LogP contribution in [0.25, 0.3) is 0 Å². The quantitative estimate of drug-likeness (QED) is 0.780. The fourth-order valence-electron chi connectivity index (χ4n) is 1.76. The van der Waals surface area contributed by atoms with Crippen LogP contribution in [0.15, 0.2) is 18.2 Å². The van der Waals surface area contributed by atoms with E-state index in [4.69, 9.17) is 21.4 Å². The molecule has 0 aliphatic carbocycles. The Hall–Kier alpha value is -1.66. The Kier molecular flexibility index (Phi) is 7.11. The molecule has 0 aliphatic rings. The topological polar surface area (TPSA) is 66.8 Å². The van der Waals surface area contributed by atoms with Crippen LogP contribution in [0.4, 0.5) is 4.39 Å². The highest BCUT2D eigenvalue weighted by Crippen LogP contribution is 2.20. The van der Waals surface area contributed by atoms with Crippen LogP contribution in [0, 0.1) is 5.82 Å². The first-order valence-electron chi connectivity index (χ1n) is 6.51. The average molecular weight is 318 g/mol. The molecule has 0 atom stereocenters. The summed E-state index contributed by atoms with van der Waals surface area (Å²) >= 11 is 5.84. The lowest BCUT2D eigenvalue weighted by molar-refractivity contribution is -0.143. The Bertz CT molecular complexity index is 489. The van der Waals surface area contributed by atoms with E-state index in [2.05, 4.69) is 0 Å². The predicted molar refractivity (Wildman–Crippen MR) is 75.6 cm³/mol. The number of carbonyl (C=O) groups is 2. The molecule has 0 unspecified atom stereocenters. The van der Waals surface area contributed by atoms with Gasteiger partial charge in [-0.05, 0) is 19.1 Å². The van der Waals surface area contributed by atoms with Gasteiger partial charge in [0.15, 0.2) is 0 Å². The van der Waals surface area contributed by atoms with Crippen molar-refractivity contribution in [3.63, 3.8) is 0 Å². The molecule has 1 rings (SSSR count). The number of halogens is 2. The molecule has 0 saturated heterocycles. The number of aliphatic hydroxyl groups excluding tert-OH is 1. The summed E-state index contributed by atoms with van der Waals surface area (Å²) in [6.07, 6.45) is -0.0361. The van der Waals surface area contributed by atoms with Crippen LogP contribution in [-0.2, 0) is 9.53 Å². The fourth-order valence-corrected chi connectivity index (χ4v) is 2.00. The molecule has 0 bridgehead atoms. The minimum atomic E-state index is -0.744. The second kappa shape index (κ2) is 8.59. The molecule has 0 heterocycles. The second-order valence-electron chi connectivity index (χ2n) is 4.17. The number of benzene rings is 1. The maximum Gasteiger partial charge on any atom is 0.307 e. The molecule has 1 N–H and O–H groups in total. The first-order chi connectivity index (χ1) is 10.0. The first-order valence-corrected chi connectivity index (χ1v) is 6.88. The zero-order valence-electron chi connectivity index (χ0n) is 11.6. The van der Waals surface area contributed by atoms with Gasteiger partial charge in [0.2, 0.25) is 0 Å². The lowest BCUT2D eigenvalue weighted by Gasteiger charge is -2.22. The number of hydrogen-bond acceptors (Lipinski definition) is 4. The van der Waals surface area contributed by atoms with Gasteiger partial charge in [0.05, 0.1) is 30.2 Å². The molecule has 0 aliphatic heterocycles. The number of carbonyl (C=O) groups excluding carboxylic acids is 2. The van der Waals surface area contributed by atoms with E-state index in [1.807, 2.05) is 0 Å². The summed E-state index contributed by atoms with van der Waals surface area (Å²) in [7, 11) is 0. The Labute approximate surface area is 127 Å². The van der Waals surface area contributed by atoms with E-state index in [0.29, 0.717) is 0 Å². The maximum atomic E-state index is 13.7. The molecular formula is C14H17ClFNO4. The van der Waals surface area contributed by atoms with Gasteiger partial charge in [-0.25, -0.2) is 4.39 Å². The molecular weight excluding hydrogens is 301 g/mol. The Morgan fingerprint density at radius 1 is 1.38 bits per heavy atom. The van der Waals surface area contributed by atoms with Crippen LogP contribution < -0.4 is 0 Å². The van der Waals surface area contributed by atoms with E-state index < -0.39 is 17.7 Å². The van der Waals surface area contributed by atoms with Crippen molar-refractivity contribution in [2.45, 2.75) is 13.3 Å². The van der Waals surface area contributed by atoms with E-state index in [9.17, 15) is 14.0 Å². The van der Waals surface area contributed by atoms with Crippen LogP contribution in [0.3, 0.4) is 0 Å². The van der Waals surface area contributed by atoms with Crippen LogP contribution in [-0.4, -0.2) is 48.2 Å². The monoisotopic (exact) mass is 317 g/mol.